The van der Waals surface area contributed by atoms with E-state index in [1.54, 1.807) is 0 Å². The number of aliphatic hydroxyl groups is 1. The number of nitrogens with two attached hydrogens (primary N) is 1. The zero-order valence-corrected chi connectivity index (χ0v) is 10.3. The number of hydrogen-bond acceptors (Lipinski definition) is 6. The van der Waals surface area contributed by atoms with Crippen LogP contribution in [0, 0.1) is 0 Å². The first-order valence-electron chi connectivity index (χ1n) is 5.39. The highest BCUT2D eigenvalue weighted by molar-refractivity contribution is 6.35. The van der Waals surface area contributed by atoms with Crippen LogP contribution in [0.15, 0.2) is 6.33 Å². The van der Waals surface area contributed by atoms with E-state index in [9.17, 15) is 0 Å². The summed E-state index contributed by atoms with van der Waals surface area (Å²) in [6.45, 7) is 3.11. The van der Waals surface area contributed by atoms with E-state index in [4.69, 9.17) is 27.2 Å². The van der Waals surface area contributed by atoms with Gasteiger partial charge in [-0.25, -0.2) is 9.97 Å². The molecule has 6 nitrogen and oxygen atoms in total. The minimum atomic E-state index is -0.231. The minimum Gasteiger partial charge on any atom is -0.394 e. The van der Waals surface area contributed by atoms with Crippen LogP contribution in [-0.4, -0.2) is 47.0 Å². The molecule has 0 aromatic carbocycles. The third-order valence-corrected chi connectivity index (χ3v) is 2.99. The molecule has 0 saturated carbocycles. The van der Waals surface area contributed by atoms with Gasteiger partial charge in [0.25, 0.3) is 0 Å². The van der Waals surface area contributed by atoms with Crippen LogP contribution in [0.1, 0.15) is 6.92 Å². The van der Waals surface area contributed by atoms with Crippen molar-refractivity contribution in [3.8, 4) is 0 Å². The molecule has 1 aliphatic heterocycles. The van der Waals surface area contributed by atoms with Crippen molar-refractivity contribution in [3.63, 3.8) is 0 Å². The molecule has 1 fully saturated rings. The first kappa shape index (κ1) is 12.3. The normalized spacial score (nSPS) is 25.0. The standard InChI is InChI=1S/C10H15ClN4O2/c1-6-2-15(3-7(4-16)17-6)10-8(11)9(12)13-5-14-10/h5-7,16H,2-4H2,1H3,(H2,12,13,14)/t6-,7-/m1/s1. The van der Waals surface area contributed by atoms with Crippen molar-refractivity contribution in [3.05, 3.63) is 11.3 Å². The van der Waals surface area contributed by atoms with Gasteiger partial charge in [-0.2, -0.15) is 0 Å². The zero-order chi connectivity index (χ0) is 12.4. The first-order valence-corrected chi connectivity index (χ1v) is 5.77. The maximum absolute atomic E-state index is 9.16. The van der Waals surface area contributed by atoms with Crippen molar-refractivity contribution >= 4 is 23.2 Å². The molecular weight excluding hydrogens is 244 g/mol. The molecule has 2 rings (SSSR count). The van der Waals surface area contributed by atoms with E-state index >= 15 is 0 Å². The molecule has 17 heavy (non-hydrogen) atoms. The van der Waals surface area contributed by atoms with Gasteiger partial charge in [-0.1, -0.05) is 11.6 Å². The van der Waals surface area contributed by atoms with Gasteiger partial charge < -0.3 is 20.5 Å². The smallest absolute Gasteiger partial charge is 0.153 e. The number of aromatic nitrogens is 2. The van der Waals surface area contributed by atoms with E-state index in [1.165, 1.54) is 6.33 Å². The fourth-order valence-electron chi connectivity index (χ4n) is 1.91. The summed E-state index contributed by atoms with van der Waals surface area (Å²) in [7, 11) is 0. The third-order valence-electron chi connectivity index (χ3n) is 2.63. The summed E-state index contributed by atoms with van der Waals surface area (Å²) in [5, 5.41) is 9.50. The Labute approximate surface area is 104 Å². The third kappa shape index (κ3) is 2.59. The van der Waals surface area contributed by atoms with Crippen LogP contribution >= 0.6 is 11.6 Å². The van der Waals surface area contributed by atoms with Crippen molar-refractivity contribution in [2.45, 2.75) is 19.1 Å². The second kappa shape index (κ2) is 5.03. The highest BCUT2D eigenvalue weighted by atomic mass is 35.5. The summed E-state index contributed by atoms with van der Waals surface area (Å²) < 4.78 is 5.55. The van der Waals surface area contributed by atoms with E-state index in [1.807, 2.05) is 11.8 Å². The number of ether oxygens (including phenoxy) is 1. The average molecular weight is 259 g/mol. The second-order valence-corrected chi connectivity index (χ2v) is 4.43. The van der Waals surface area contributed by atoms with E-state index in [0.29, 0.717) is 23.9 Å². The number of halogens is 1. The van der Waals surface area contributed by atoms with Crippen LogP contribution in [-0.2, 0) is 4.74 Å². The number of aliphatic hydroxyl groups excluding tert-OH is 1. The summed E-state index contributed by atoms with van der Waals surface area (Å²) in [5.41, 5.74) is 5.64. The summed E-state index contributed by atoms with van der Waals surface area (Å²) in [6, 6.07) is 0. The maximum Gasteiger partial charge on any atom is 0.153 e. The zero-order valence-electron chi connectivity index (χ0n) is 9.51. The molecule has 0 amide bonds. The van der Waals surface area contributed by atoms with Gasteiger partial charge in [-0.05, 0) is 6.92 Å². The molecule has 7 heteroatoms. The summed E-state index contributed by atoms with van der Waals surface area (Å²) in [6.07, 6.45) is 1.16. The molecule has 1 aromatic heterocycles. The predicted molar refractivity (Wildman–Crippen MR) is 65.1 cm³/mol. The Balaban J connectivity index is 2.23. The molecule has 2 heterocycles. The molecule has 2 atom stereocenters. The lowest BCUT2D eigenvalue weighted by atomic mass is 10.2. The van der Waals surface area contributed by atoms with Crippen LogP contribution in [0.4, 0.5) is 11.6 Å². The number of rotatable bonds is 2. The number of anilines is 2. The highest BCUT2D eigenvalue weighted by Gasteiger charge is 2.27. The van der Waals surface area contributed by atoms with Gasteiger partial charge >= 0.3 is 0 Å². The second-order valence-electron chi connectivity index (χ2n) is 4.05. The van der Waals surface area contributed by atoms with Crippen molar-refractivity contribution in [2.75, 3.05) is 30.3 Å². The topological polar surface area (TPSA) is 84.5 Å². The van der Waals surface area contributed by atoms with Crippen molar-refractivity contribution in [2.24, 2.45) is 0 Å². The summed E-state index contributed by atoms with van der Waals surface area (Å²) >= 11 is 6.07. The van der Waals surface area contributed by atoms with E-state index in [0.717, 1.165) is 0 Å². The van der Waals surface area contributed by atoms with Crippen molar-refractivity contribution in [1.82, 2.24) is 9.97 Å². The maximum atomic E-state index is 9.16. The number of nitrogens with zero attached hydrogens (tertiary/aromatic N) is 3. The molecule has 0 spiro atoms. The largest absolute Gasteiger partial charge is 0.394 e. The molecule has 0 radical (unpaired) electrons. The van der Waals surface area contributed by atoms with Gasteiger partial charge in [-0.15, -0.1) is 0 Å². The van der Waals surface area contributed by atoms with Crippen LogP contribution < -0.4 is 10.6 Å². The monoisotopic (exact) mass is 258 g/mol. The van der Waals surface area contributed by atoms with Gasteiger partial charge in [0.2, 0.25) is 0 Å². The predicted octanol–water partition coefficient (Wildman–Crippen LogP) is 0.298. The molecule has 0 bridgehead atoms. The number of nitrogen functional groups attached to an aromatic ring is 1. The molecule has 3 N–H and O–H groups in total. The molecule has 0 aliphatic carbocycles. The van der Waals surface area contributed by atoms with Gasteiger partial charge in [0.05, 0.1) is 18.8 Å². The fourth-order valence-corrected chi connectivity index (χ4v) is 2.13. The van der Waals surface area contributed by atoms with Gasteiger partial charge in [0, 0.05) is 13.1 Å². The minimum absolute atomic E-state index is 0.00755. The number of hydrogen-bond donors (Lipinski definition) is 2. The van der Waals surface area contributed by atoms with Crippen LogP contribution in [0.2, 0.25) is 5.02 Å². The lowest BCUT2D eigenvalue weighted by molar-refractivity contribution is -0.0423. The summed E-state index contributed by atoms with van der Waals surface area (Å²) in [4.78, 5) is 9.91. The van der Waals surface area contributed by atoms with E-state index in [2.05, 4.69) is 9.97 Å². The molecule has 1 aliphatic rings. The molecule has 94 valence electrons. The van der Waals surface area contributed by atoms with Crippen LogP contribution in [0.5, 0.6) is 0 Å². The Morgan fingerprint density at radius 2 is 2.35 bits per heavy atom. The van der Waals surface area contributed by atoms with Crippen molar-refractivity contribution in [1.29, 1.82) is 0 Å². The van der Waals surface area contributed by atoms with Crippen LogP contribution in [0.25, 0.3) is 0 Å². The molecule has 0 unspecified atom stereocenters. The SMILES string of the molecule is C[C@@H]1CN(c2ncnc(N)c2Cl)C[C@H](CO)O1. The quantitative estimate of drug-likeness (QED) is 0.794. The summed E-state index contributed by atoms with van der Waals surface area (Å²) in [5.74, 6) is 0.851. The Morgan fingerprint density at radius 1 is 1.59 bits per heavy atom. The average Bonchev–Trinajstić information content (AvgIpc) is 2.31. The van der Waals surface area contributed by atoms with E-state index in [-0.39, 0.29) is 24.6 Å². The highest BCUT2D eigenvalue weighted by Crippen LogP contribution is 2.28. The Morgan fingerprint density at radius 3 is 3.06 bits per heavy atom. The first-order chi connectivity index (χ1) is 8.11. The molecule has 1 saturated heterocycles. The van der Waals surface area contributed by atoms with Gasteiger partial charge in [0.1, 0.15) is 17.2 Å². The molecular formula is C10H15ClN4O2. The Kier molecular flexibility index (Phi) is 3.66. The van der Waals surface area contributed by atoms with E-state index < -0.39 is 0 Å². The Bertz CT molecular complexity index is 404. The van der Waals surface area contributed by atoms with Gasteiger partial charge in [-0.3, -0.25) is 0 Å². The van der Waals surface area contributed by atoms with Crippen molar-refractivity contribution < 1.29 is 9.84 Å². The Hall–Kier alpha value is -1.11. The fraction of sp³-hybridized carbons (Fsp3) is 0.600. The van der Waals surface area contributed by atoms with Crippen LogP contribution in [0.3, 0.4) is 0 Å². The molecule has 1 aromatic rings. The van der Waals surface area contributed by atoms with Gasteiger partial charge in [0.15, 0.2) is 5.82 Å². The lowest BCUT2D eigenvalue weighted by Gasteiger charge is -2.37. The number of morpholine rings is 1. The lowest BCUT2D eigenvalue weighted by Crippen LogP contribution is -2.48.